The van der Waals surface area contributed by atoms with Crippen LogP contribution in [0.3, 0.4) is 0 Å². The van der Waals surface area contributed by atoms with Gasteiger partial charge in [-0.1, -0.05) is 29.3 Å². The van der Waals surface area contributed by atoms with Gasteiger partial charge in [0.1, 0.15) is 11.9 Å². The van der Waals surface area contributed by atoms with Gasteiger partial charge in [-0.25, -0.2) is 4.39 Å². The third-order valence-corrected chi connectivity index (χ3v) is 6.57. The Bertz CT molecular complexity index is 950. The Labute approximate surface area is 171 Å². The molecule has 2 aliphatic rings. The maximum absolute atomic E-state index is 14.1. The fraction of sp³-hybridized carbons (Fsp3) is 0.435. The van der Waals surface area contributed by atoms with Crippen LogP contribution < -0.4 is 0 Å². The molecule has 2 fully saturated rings. The normalized spacial score (nSPS) is 22.2. The van der Waals surface area contributed by atoms with E-state index in [-0.39, 0.29) is 5.56 Å². The van der Waals surface area contributed by atoms with Crippen molar-refractivity contribution < 1.29 is 4.39 Å². The second kappa shape index (κ2) is 7.48. The molecule has 2 aromatic carbocycles. The summed E-state index contributed by atoms with van der Waals surface area (Å²) in [5.41, 5.74) is 3.78. The van der Waals surface area contributed by atoms with Crippen molar-refractivity contribution in [2.75, 3.05) is 13.1 Å². The molecule has 146 valence electrons. The molecule has 0 aromatic heterocycles. The minimum absolute atomic E-state index is 0.0514. The topological polar surface area (TPSA) is 30.3 Å². The largest absolute Gasteiger partial charge is 0.295 e. The lowest BCUT2D eigenvalue weighted by Gasteiger charge is -2.36. The van der Waals surface area contributed by atoms with E-state index in [1.165, 1.54) is 18.6 Å². The summed E-state index contributed by atoms with van der Waals surface area (Å²) in [5, 5.41) is 9.64. The standard InChI is InChI=1S/C23H25ClFN3/c1-14(2)28-13-19-9-20(28)12-27(19)11-18-6-15(3)7-21(23(18)24)16-4-5-17(10-26)22(25)8-16/h4-8,14,19-20H,9,11-13H2,1-3H3/t19-,20-/m0/s1. The molecule has 2 bridgehead atoms. The summed E-state index contributed by atoms with van der Waals surface area (Å²) in [6.07, 6.45) is 1.23. The van der Waals surface area contributed by atoms with E-state index < -0.39 is 5.82 Å². The monoisotopic (exact) mass is 397 g/mol. The van der Waals surface area contributed by atoms with E-state index in [2.05, 4.69) is 29.7 Å². The number of benzene rings is 2. The van der Waals surface area contributed by atoms with E-state index >= 15 is 0 Å². The molecule has 0 radical (unpaired) electrons. The van der Waals surface area contributed by atoms with Crippen molar-refractivity contribution in [3.05, 3.63) is 57.9 Å². The molecular formula is C23H25ClFN3. The number of hydrogen-bond donors (Lipinski definition) is 0. The maximum Gasteiger partial charge on any atom is 0.141 e. The van der Waals surface area contributed by atoms with Crippen molar-refractivity contribution in [2.45, 2.75) is 51.9 Å². The van der Waals surface area contributed by atoms with E-state index in [0.717, 1.165) is 36.3 Å². The van der Waals surface area contributed by atoms with E-state index in [4.69, 9.17) is 16.9 Å². The predicted molar refractivity (Wildman–Crippen MR) is 111 cm³/mol. The van der Waals surface area contributed by atoms with Crippen LogP contribution in [-0.4, -0.2) is 41.0 Å². The smallest absolute Gasteiger partial charge is 0.141 e. The molecule has 0 amide bonds. The fourth-order valence-electron chi connectivity index (χ4n) is 4.77. The molecule has 0 N–H and O–H groups in total. The van der Waals surface area contributed by atoms with Gasteiger partial charge in [0.2, 0.25) is 0 Å². The highest BCUT2D eigenvalue weighted by molar-refractivity contribution is 6.34. The van der Waals surface area contributed by atoms with Crippen molar-refractivity contribution in [3.8, 4) is 17.2 Å². The molecule has 0 unspecified atom stereocenters. The predicted octanol–water partition coefficient (Wildman–Crippen LogP) is 4.99. The molecule has 28 heavy (non-hydrogen) atoms. The summed E-state index contributed by atoms with van der Waals surface area (Å²) in [4.78, 5) is 5.14. The van der Waals surface area contributed by atoms with Crippen LogP contribution in [-0.2, 0) is 6.54 Å². The minimum Gasteiger partial charge on any atom is -0.295 e. The number of piperazine rings is 1. The van der Waals surface area contributed by atoms with Gasteiger partial charge in [-0.15, -0.1) is 0 Å². The van der Waals surface area contributed by atoms with E-state index in [0.29, 0.717) is 28.7 Å². The summed E-state index contributed by atoms with van der Waals surface area (Å²) in [7, 11) is 0. The Morgan fingerprint density at radius 2 is 2.00 bits per heavy atom. The zero-order chi connectivity index (χ0) is 20.0. The summed E-state index contributed by atoms with van der Waals surface area (Å²) in [6, 6.07) is 12.5. The number of hydrogen-bond acceptors (Lipinski definition) is 3. The van der Waals surface area contributed by atoms with Gasteiger partial charge in [-0.3, -0.25) is 9.80 Å². The van der Waals surface area contributed by atoms with Crippen LogP contribution in [0.25, 0.3) is 11.1 Å². The molecular weight excluding hydrogens is 373 g/mol. The Kier molecular flexibility index (Phi) is 5.18. The lowest BCUT2D eigenvalue weighted by molar-refractivity contribution is 0.0999. The molecule has 0 spiro atoms. The van der Waals surface area contributed by atoms with Gasteiger partial charge in [-0.05, 0) is 56.5 Å². The first-order chi connectivity index (χ1) is 13.4. The van der Waals surface area contributed by atoms with Crippen LogP contribution in [0.15, 0.2) is 30.3 Å². The Morgan fingerprint density at radius 3 is 2.61 bits per heavy atom. The highest BCUT2D eigenvalue weighted by Crippen LogP contribution is 2.37. The highest BCUT2D eigenvalue weighted by atomic mass is 35.5. The van der Waals surface area contributed by atoms with Crippen LogP contribution in [0.5, 0.6) is 0 Å². The van der Waals surface area contributed by atoms with Crippen LogP contribution in [0.2, 0.25) is 5.02 Å². The van der Waals surface area contributed by atoms with Crippen LogP contribution in [0.1, 0.15) is 37.0 Å². The number of halogens is 2. The molecule has 0 aliphatic carbocycles. The number of fused-ring (bicyclic) bond motifs is 2. The van der Waals surface area contributed by atoms with Gasteiger partial charge in [0.05, 0.1) is 10.6 Å². The van der Waals surface area contributed by atoms with Gasteiger partial charge in [0, 0.05) is 43.3 Å². The lowest BCUT2D eigenvalue weighted by Crippen LogP contribution is -2.48. The lowest BCUT2D eigenvalue weighted by atomic mass is 9.98. The quantitative estimate of drug-likeness (QED) is 0.727. The van der Waals surface area contributed by atoms with E-state index in [1.54, 1.807) is 6.07 Å². The number of aryl methyl sites for hydroxylation is 1. The zero-order valence-electron chi connectivity index (χ0n) is 16.5. The molecule has 2 aliphatic heterocycles. The Hall–Kier alpha value is -1.93. The summed E-state index contributed by atoms with van der Waals surface area (Å²) < 4.78 is 14.1. The number of rotatable bonds is 4. The number of likely N-dealkylation sites (tertiary alicyclic amines) is 2. The Balaban J connectivity index is 1.60. The first-order valence-corrected chi connectivity index (χ1v) is 10.2. The van der Waals surface area contributed by atoms with Crippen molar-refractivity contribution >= 4 is 11.6 Å². The third kappa shape index (κ3) is 3.43. The van der Waals surface area contributed by atoms with Gasteiger partial charge in [0.15, 0.2) is 0 Å². The maximum atomic E-state index is 14.1. The fourth-order valence-corrected chi connectivity index (χ4v) is 5.05. The average molecular weight is 398 g/mol. The van der Waals surface area contributed by atoms with Gasteiger partial charge >= 0.3 is 0 Å². The molecule has 2 aromatic rings. The Morgan fingerprint density at radius 1 is 1.21 bits per heavy atom. The average Bonchev–Trinajstić information content (AvgIpc) is 3.24. The molecule has 2 atom stereocenters. The summed E-state index contributed by atoms with van der Waals surface area (Å²) in [6.45, 7) is 9.60. The van der Waals surface area contributed by atoms with E-state index in [1.807, 2.05) is 19.1 Å². The second-order valence-corrected chi connectivity index (χ2v) is 8.73. The molecule has 2 saturated heterocycles. The molecule has 0 saturated carbocycles. The minimum atomic E-state index is -0.509. The van der Waals surface area contributed by atoms with E-state index in [9.17, 15) is 4.39 Å². The number of nitrogens with zero attached hydrogens (tertiary/aromatic N) is 3. The molecule has 4 rings (SSSR count). The highest BCUT2D eigenvalue weighted by Gasteiger charge is 2.43. The van der Waals surface area contributed by atoms with Crippen LogP contribution in [0.4, 0.5) is 4.39 Å². The second-order valence-electron chi connectivity index (χ2n) is 8.36. The van der Waals surface area contributed by atoms with Crippen LogP contribution >= 0.6 is 11.6 Å². The molecule has 2 heterocycles. The van der Waals surface area contributed by atoms with Crippen molar-refractivity contribution in [1.82, 2.24) is 9.80 Å². The van der Waals surface area contributed by atoms with Crippen LogP contribution in [0, 0.1) is 24.1 Å². The summed E-state index contributed by atoms with van der Waals surface area (Å²) >= 11 is 6.78. The SMILES string of the molecule is Cc1cc(CN2C[C@@H]3C[C@H]2CN3C(C)C)c(Cl)c(-c2ccc(C#N)c(F)c2)c1. The van der Waals surface area contributed by atoms with Crippen molar-refractivity contribution in [1.29, 1.82) is 5.26 Å². The zero-order valence-corrected chi connectivity index (χ0v) is 17.3. The first-order valence-electron chi connectivity index (χ1n) is 9.86. The summed E-state index contributed by atoms with van der Waals surface area (Å²) in [5.74, 6) is -0.509. The first kappa shape index (κ1) is 19.4. The third-order valence-electron chi connectivity index (χ3n) is 6.13. The molecule has 5 heteroatoms. The van der Waals surface area contributed by atoms with Gasteiger partial charge in [0.25, 0.3) is 0 Å². The molecule has 3 nitrogen and oxygen atoms in total. The van der Waals surface area contributed by atoms with Gasteiger partial charge < -0.3 is 0 Å². The van der Waals surface area contributed by atoms with Crippen molar-refractivity contribution in [3.63, 3.8) is 0 Å². The number of nitriles is 1. The van der Waals surface area contributed by atoms with Crippen molar-refractivity contribution in [2.24, 2.45) is 0 Å². The van der Waals surface area contributed by atoms with Gasteiger partial charge in [-0.2, -0.15) is 5.26 Å².